The van der Waals surface area contributed by atoms with Crippen LogP contribution in [0.25, 0.3) is 0 Å². The summed E-state index contributed by atoms with van der Waals surface area (Å²) in [7, 11) is -2.53. The lowest BCUT2D eigenvalue weighted by Crippen LogP contribution is -2.39. The summed E-state index contributed by atoms with van der Waals surface area (Å²) in [5, 5.41) is 4.43. The molecule has 0 fully saturated rings. The molecule has 1 aliphatic heterocycles. The van der Waals surface area contributed by atoms with Crippen LogP contribution in [0, 0.1) is 0 Å². The van der Waals surface area contributed by atoms with Crippen molar-refractivity contribution in [2.75, 3.05) is 13.1 Å². The van der Waals surface area contributed by atoms with Crippen molar-refractivity contribution >= 4 is 10.9 Å². The fourth-order valence-electron chi connectivity index (χ4n) is 0.674. The summed E-state index contributed by atoms with van der Waals surface area (Å²) in [5.41, 5.74) is 0. The Kier molecular flexibility index (Phi) is 2.52. The minimum atomic E-state index is -2.53. The van der Waals surface area contributed by atoms with Crippen LogP contribution in [0.5, 0.6) is 0 Å². The highest BCUT2D eigenvalue weighted by atomic mass is 32.2. The lowest BCUT2D eigenvalue weighted by molar-refractivity contribution is 0.328. The maximum absolute atomic E-state index is 10.1. The Morgan fingerprint density at radius 3 is 2.90 bits per heavy atom. The second-order valence-electron chi connectivity index (χ2n) is 1.82. The third kappa shape index (κ3) is 2.24. The van der Waals surface area contributed by atoms with E-state index in [1.54, 1.807) is 12.4 Å². The van der Waals surface area contributed by atoms with Gasteiger partial charge in [0.1, 0.15) is 0 Å². The van der Waals surface area contributed by atoms with Crippen molar-refractivity contribution in [2.24, 2.45) is 0 Å². The number of hydrogen-bond donors (Lipinski definition) is 3. The van der Waals surface area contributed by atoms with Crippen molar-refractivity contribution in [3.63, 3.8) is 0 Å². The summed E-state index contributed by atoms with van der Waals surface area (Å²) in [6.45, 7) is 1.41. The third-order valence-corrected chi connectivity index (χ3v) is 1.50. The molecule has 2 N–H and O–H groups in total. The highest BCUT2D eigenvalue weighted by molar-refractivity contribution is 7.70. The van der Waals surface area contributed by atoms with Gasteiger partial charge >= 0.3 is 0 Å². The third-order valence-electron chi connectivity index (χ3n) is 1.08. The van der Waals surface area contributed by atoms with Gasteiger partial charge in [-0.3, -0.25) is 5.01 Å². The second-order valence-corrected chi connectivity index (χ2v) is 2.53. The van der Waals surface area contributed by atoms with Crippen LogP contribution in [0.4, 0.5) is 0 Å². The number of thiol groups is 1. The maximum Gasteiger partial charge on any atom is 0.218 e. The Balaban J connectivity index is 2.40. The molecule has 0 aromatic carbocycles. The zero-order valence-corrected chi connectivity index (χ0v) is 6.17. The average Bonchev–Trinajstić information content (AvgIpc) is 1.88. The van der Waals surface area contributed by atoms with Gasteiger partial charge in [0.2, 0.25) is 10.9 Å². The molecule has 0 radical (unpaired) electrons. The van der Waals surface area contributed by atoms with E-state index in [9.17, 15) is 8.42 Å². The molecular formula is C4H9N3O2S. The average molecular weight is 163 g/mol. The molecule has 10 heavy (non-hydrogen) atoms. The second kappa shape index (κ2) is 3.43. The first-order valence-corrected chi connectivity index (χ1v) is 4.04. The molecule has 0 spiro atoms. The molecule has 0 aromatic heterocycles. The van der Waals surface area contributed by atoms with Crippen LogP contribution < -0.4 is 10.1 Å². The minimum Gasteiger partial charge on any atom is -0.388 e. The summed E-state index contributed by atoms with van der Waals surface area (Å²) < 4.78 is 20.2. The first-order valence-electron chi connectivity index (χ1n) is 2.86. The minimum absolute atomic E-state index is 0.653. The van der Waals surface area contributed by atoms with E-state index < -0.39 is 10.9 Å². The topological polar surface area (TPSA) is 61.4 Å². The lowest BCUT2D eigenvalue weighted by Gasteiger charge is -2.20. The molecule has 0 amide bonds. The van der Waals surface area contributed by atoms with Crippen molar-refractivity contribution in [2.45, 2.75) is 0 Å². The zero-order chi connectivity index (χ0) is 7.40. The fourth-order valence-corrected chi connectivity index (χ4v) is 1.05. The highest BCUT2D eigenvalue weighted by Crippen LogP contribution is 1.86. The number of rotatable bonds is 2. The fraction of sp³-hybridized carbons (Fsp3) is 0.500. The van der Waals surface area contributed by atoms with Crippen LogP contribution in [0.2, 0.25) is 0 Å². The SMILES string of the molecule is O=[SH](=O)NN1C=CNCC1. The summed E-state index contributed by atoms with van der Waals surface area (Å²) in [6.07, 6.45) is 3.32. The monoisotopic (exact) mass is 163 g/mol. The standard InChI is InChI=1S/C4H9N3O2S/c8-10(9)6-7-3-1-5-2-4-7/h1,3,5,10H,2,4H2,(H,6,8,9). The number of nitrogens with one attached hydrogen (secondary N) is 2. The molecule has 1 rings (SSSR count). The first-order chi connectivity index (χ1) is 4.79. The van der Waals surface area contributed by atoms with E-state index >= 15 is 0 Å². The van der Waals surface area contributed by atoms with E-state index in [4.69, 9.17) is 0 Å². The van der Waals surface area contributed by atoms with E-state index in [0.717, 1.165) is 6.54 Å². The van der Waals surface area contributed by atoms with Crippen molar-refractivity contribution in [3.8, 4) is 0 Å². The van der Waals surface area contributed by atoms with Gasteiger partial charge in [-0.25, -0.2) is 8.42 Å². The number of nitrogens with zero attached hydrogens (tertiary/aromatic N) is 1. The van der Waals surface area contributed by atoms with E-state index in [1.165, 1.54) is 5.01 Å². The van der Waals surface area contributed by atoms with E-state index in [2.05, 4.69) is 10.1 Å². The summed E-state index contributed by atoms with van der Waals surface area (Å²) in [4.78, 5) is 2.24. The molecule has 1 aliphatic rings. The first kappa shape index (κ1) is 7.36. The van der Waals surface area contributed by atoms with Crippen molar-refractivity contribution < 1.29 is 8.42 Å². The quantitative estimate of drug-likeness (QED) is 0.429. The largest absolute Gasteiger partial charge is 0.388 e. The van der Waals surface area contributed by atoms with Crippen molar-refractivity contribution in [1.82, 2.24) is 15.2 Å². The molecule has 1 heterocycles. The van der Waals surface area contributed by atoms with Crippen LogP contribution in [0.1, 0.15) is 0 Å². The summed E-state index contributed by atoms with van der Waals surface area (Å²) >= 11 is 0. The van der Waals surface area contributed by atoms with Gasteiger partial charge in [-0.1, -0.05) is 0 Å². The van der Waals surface area contributed by atoms with E-state index in [-0.39, 0.29) is 0 Å². The Hall–Kier alpha value is -0.750. The van der Waals surface area contributed by atoms with Crippen LogP contribution in [-0.4, -0.2) is 26.5 Å². The van der Waals surface area contributed by atoms with Crippen LogP contribution in [0.15, 0.2) is 12.4 Å². The summed E-state index contributed by atoms with van der Waals surface area (Å²) in [5.74, 6) is 0. The van der Waals surface area contributed by atoms with Gasteiger partial charge < -0.3 is 5.32 Å². The molecule has 58 valence electrons. The van der Waals surface area contributed by atoms with E-state index in [1.807, 2.05) is 0 Å². The van der Waals surface area contributed by atoms with Gasteiger partial charge in [0.05, 0.1) is 6.54 Å². The van der Waals surface area contributed by atoms with Crippen molar-refractivity contribution in [3.05, 3.63) is 12.4 Å². The molecule has 6 heteroatoms. The number of hydrazine groups is 1. The molecule has 0 saturated heterocycles. The smallest absolute Gasteiger partial charge is 0.218 e. The van der Waals surface area contributed by atoms with Gasteiger partial charge in [-0.2, -0.15) is 0 Å². The highest BCUT2D eigenvalue weighted by Gasteiger charge is 2.00. The van der Waals surface area contributed by atoms with E-state index in [0.29, 0.717) is 6.54 Å². The Morgan fingerprint density at radius 2 is 2.40 bits per heavy atom. The van der Waals surface area contributed by atoms with Gasteiger partial charge in [-0.15, -0.1) is 4.83 Å². The Morgan fingerprint density at radius 1 is 1.60 bits per heavy atom. The van der Waals surface area contributed by atoms with Crippen LogP contribution in [-0.2, 0) is 10.9 Å². The molecule has 0 bridgehead atoms. The molecule has 0 unspecified atom stereocenters. The molecule has 0 saturated carbocycles. The molecule has 0 aromatic rings. The molecular weight excluding hydrogens is 154 g/mol. The van der Waals surface area contributed by atoms with Gasteiger partial charge in [0.25, 0.3) is 0 Å². The zero-order valence-electron chi connectivity index (χ0n) is 5.28. The van der Waals surface area contributed by atoms with Crippen LogP contribution >= 0.6 is 0 Å². The lowest BCUT2D eigenvalue weighted by atomic mass is 10.5. The number of hydrogen-bond acceptors (Lipinski definition) is 4. The normalized spacial score (nSPS) is 17.5. The van der Waals surface area contributed by atoms with Gasteiger partial charge in [0, 0.05) is 18.9 Å². The van der Waals surface area contributed by atoms with Gasteiger partial charge in [-0.05, 0) is 0 Å². The maximum atomic E-state index is 10.1. The summed E-state index contributed by atoms with van der Waals surface area (Å²) in [6, 6.07) is 0. The van der Waals surface area contributed by atoms with Gasteiger partial charge in [0.15, 0.2) is 0 Å². The predicted octanol–water partition coefficient (Wildman–Crippen LogP) is -1.61. The molecule has 5 nitrogen and oxygen atoms in total. The Labute approximate surface area is 60.8 Å². The Bertz CT molecular complexity index is 193. The molecule has 0 aliphatic carbocycles. The van der Waals surface area contributed by atoms with Crippen LogP contribution in [0.3, 0.4) is 0 Å². The van der Waals surface area contributed by atoms with Crippen molar-refractivity contribution in [1.29, 1.82) is 0 Å². The predicted molar refractivity (Wildman–Crippen MR) is 37.3 cm³/mol. The molecule has 0 atom stereocenters.